The molecule has 3 heterocycles. The Hall–Kier alpha value is -0.160. The van der Waals surface area contributed by atoms with E-state index in [-0.39, 0.29) is 11.3 Å². The molecule has 4 nitrogen and oxygen atoms in total. The van der Waals surface area contributed by atoms with E-state index in [4.69, 9.17) is 0 Å². The average Bonchev–Trinajstić information content (AvgIpc) is 2.49. The molecule has 3 aliphatic rings. The zero-order valence-corrected chi connectivity index (χ0v) is 9.14. The molecule has 0 bridgehead atoms. The summed E-state index contributed by atoms with van der Waals surface area (Å²) >= 11 is 0. The first kappa shape index (κ1) is 9.09. The van der Waals surface area contributed by atoms with Crippen LogP contribution in [0.1, 0.15) is 13.8 Å². The van der Waals surface area contributed by atoms with Gasteiger partial charge in [0.1, 0.15) is 5.66 Å². The normalized spacial score (nSPS) is 49.3. The minimum absolute atomic E-state index is 0.0694. The van der Waals surface area contributed by atoms with Gasteiger partial charge in [0.05, 0.1) is 5.66 Å². The Labute approximate surface area is 85.6 Å². The van der Waals surface area contributed by atoms with Gasteiger partial charge in [-0.15, -0.1) is 0 Å². The fraction of sp³-hybridized carbons (Fsp3) is 1.00. The highest BCUT2D eigenvalue weighted by atomic mass is 15.6. The molecule has 0 amide bonds. The summed E-state index contributed by atoms with van der Waals surface area (Å²) in [5.74, 6) is 0. The van der Waals surface area contributed by atoms with Gasteiger partial charge in [-0.2, -0.15) is 0 Å². The summed E-state index contributed by atoms with van der Waals surface area (Å²) in [6.45, 7) is 11.7. The maximum Gasteiger partial charge on any atom is 0.103 e. The van der Waals surface area contributed by atoms with Crippen molar-refractivity contribution in [3.8, 4) is 0 Å². The second kappa shape index (κ2) is 2.70. The minimum atomic E-state index is 0.0694. The van der Waals surface area contributed by atoms with Crippen molar-refractivity contribution in [2.75, 3.05) is 39.3 Å². The fourth-order valence-electron chi connectivity index (χ4n) is 3.45. The molecule has 3 rings (SSSR count). The van der Waals surface area contributed by atoms with Crippen LogP contribution in [0.4, 0.5) is 0 Å². The maximum atomic E-state index is 3.64. The molecule has 0 aliphatic carbocycles. The molecule has 2 N–H and O–H groups in total. The van der Waals surface area contributed by atoms with Gasteiger partial charge in [0.2, 0.25) is 0 Å². The lowest BCUT2D eigenvalue weighted by molar-refractivity contribution is -0.108. The number of nitrogens with zero attached hydrogens (tertiary/aromatic N) is 2. The molecule has 3 aliphatic heterocycles. The van der Waals surface area contributed by atoms with E-state index >= 15 is 0 Å². The quantitative estimate of drug-likeness (QED) is 0.533. The molecule has 0 aromatic heterocycles. The van der Waals surface area contributed by atoms with E-state index in [0.717, 1.165) is 13.1 Å². The summed E-state index contributed by atoms with van der Waals surface area (Å²) in [6, 6.07) is 0. The summed E-state index contributed by atoms with van der Waals surface area (Å²) in [7, 11) is 0. The molecule has 80 valence electrons. The number of hydrogen-bond acceptors (Lipinski definition) is 4. The largest absolute Gasteiger partial charge is 0.296 e. The monoisotopic (exact) mass is 196 g/mol. The molecule has 0 aromatic rings. The Bertz CT molecular complexity index is 235. The van der Waals surface area contributed by atoms with Crippen molar-refractivity contribution in [2.24, 2.45) is 0 Å². The third kappa shape index (κ3) is 0.877. The van der Waals surface area contributed by atoms with E-state index in [9.17, 15) is 0 Å². The second-order valence-electron chi connectivity index (χ2n) is 4.97. The lowest BCUT2D eigenvalue weighted by Crippen LogP contribution is -2.83. The molecule has 14 heavy (non-hydrogen) atoms. The fourth-order valence-corrected chi connectivity index (χ4v) is 3.45. The molecular formula is C10H20N4. The van der Waals surface area contributed by atoms with E-state index in [1.807, 2.05) is 0 Å². The molecule has 0 unspecified atom stereocenters. The standard InChI is InChI=1S/C10H20N4/c1-9-10(2)13(5-3-11-9)7-8-14(10)6-4-12-9/h11-12H,3-8H2,1-2H3/t9-,10+. The summed E-state index contributed by atoms with van der Waals surface area (Å²) < 4.78 is 0. The van der Waals surface area contributed by atoms with Gasteiger partial charge >= 0.3 is 0 Å². The highest BCUT2D eigenvalue weighted by Crippen LogP contribution is 2.38. The van der Waals surface area contributed by atoms with Crippen molar-refractivity contribution in [3.63, 3.8) is 0 Å². The molecule has 0 saturated carbocycles. The minimum Gasteiger partial charge on any atom is -0.296 e. The van der Waals surface area contributed by atoms with Gasteiger partial charge in [0.25, 0.3) is 0 Å². The molecule has 0 spiro atoms. The van der Waals surface area contributed by atoms with Crippen LogP contribution in [0.3, 0.4) is 0 Å². The molecular weight excluding hydrogens is 176 g/mol. The van der Waals surface area contributed by atoms with Crippen LogP contribution in [0.5, 0.6) is 0 Å². The first-order valence-corrected chi connectivity index (χ1v) is 5.67. The Kier molecular flexibility index (Phi) is 1.75. The van der Waals surface area contributed by atoms with Crippen molar-refractivity contribution in [2.45, 2.75) is 25.2 Å². The first-order chi connectivity index (χ1) is 6.67. The smallest absolute Gasteiger partial charge is 0.103 e. The van der Waals surface area contributed by atoms with Gasteiger partial charge in [-0.05, 0) is 13.8 Å². The lowest BCUT2D eigenvalue weighted by atomic mass is 9.89. The van der Waals surface area contributed by atoms with Gasteiger partial charge in [-0.3, -0.25) is 20.4 Å². The molecule has 0 aromatic carbocycles. The van der Waals surface area contributed by atoms with Crippen molar-refractivity contribution >= 4 is 0 Å². The van der Waals surface area contributed by atoms with E-state index in [1.165, 1.54) is 26.2 Å². The highest BCUT2D eigenvalue weighted by Gasteiger charge is 2.58. The number of rotatable bonds is 0. The zero-order valence-electron chi connectivity index (χ0n) is 9.14. The average molecular weight is 196 g/mol. The van der Waals surface area contributed by atoms with Crippen LogP contribution >= 0.6 is 0 Å². The van der Waals surface area contributed by atoms with Crippen LogP contribution in [0.25, 0.3) is 0 Å². The number of hydrogen-bond donors (Lipinski definition) is 2. The lowest BCUT2D eigenvalue weighted by Gasteiger charge is -2.59. The van der Waals surface area contributed by atoms with Gasteiger partial charge < -0.3 is 0 Å². The van der Waals surface area contributed by atoms with Gasteiger partial charge in [0, 0.05) is 39.3 Å². The summed E-state index contributed by atoms with van der Waals surface area (Å²) in [4.78, 5) is 5.24. The van der Waals surface area contributed by atoms with Crippen LogP contribution in [-0.4, -0.2) is 60.4 Å². The van der Waals surface area contributed by atoms with Gasteiger partial charge in [-0.25, -0.2) is 0 Å². The summed E-state index contributed by atoms with van der Waals surface area (Å²) in [5.41, 5.74) is 0.253. The number of piperazine rings is 2. The third-order valence-corrected chi connectivity index (χ3v) is 4.54. The van der Waals surface area contributed by atoms with Crippen LogP contribution in [0.2, 0.25) is 0 Å². The highest BCUT2D eigenvalue weighted by molar-refractivity contribution is 5.13. The van der Waals surface area contributed by atoms with E-state index in [1.54, 1.807) is 0 Å². The van der Waals surface area contributed by atoms with Crippen LogP contribution in [-0.2, 0) is 0 Å². The third-order valence-electron chi connectivity index (χ3n) is 4.54. The predicted octanol–water partition coefficient (Wildman–Crippen LogP) is -0.757. The zero-order chi connectivity index (χ0) is 9.81. The molecule has 3 saturated heterocycles. The SMILES string of the molecule is C[C@]12NCCN3CCN(CCN1)[C@@]32C. The van der Waals surface area contributed by atoms with E-state index in [0.29, 0.717) is 0 Å². The van der Waals surface area contributed by atoms with E-state index in [2.05, 4.69) is 34.3 Å². The maximum absolute atomic E-state index is 3.64. The predicted molar refractivity (Wildman–Crippen MR) is 56.0 cm³/mol. The first-order valence-electron chi connectivity index (χ1n) is 5.67. The molecule has 0 atom stereocenters. The summed E-state index contributed by atoms with van der Waals surface area (Å²) in [6.07, 6.45) is 0. The van der Waals surface area contributed by atoms with Crippen molar-refractivity contribution in [1.29, 1.82) is 0 Å². The van der Waals surface area contributed by atoms with Crippen LogP contribution in [0, 0.1) is 0 Å². The topological polar surface area (TPSA) is 30.5 Å². The van der Waals surface area contributed by atoms with E-state index < -0.39 is 0 Å². The Morgan fingerprint density at radius 3 is 1.86 bits per heavy atom. The van der Waals surface area contributed by atoms with Crippen molar-refractivity contribution in [1.82, 2.24) is 20.4 Å². The molecule has 3 fully saturated rings. The Morgan fingerprint density at radius 1 is 0.857 bits per heavy atom. The van der Waals surface area contributed by atoms with Crippen molar-refractivity contribution in [3.05, 3.63) is 0 Å². The van der Waals surface area contributed by atoms with Gasteiger partial charge in [0.15, 0.2) is 0 Å². The van der Waals surface area contributed by atoms with Crippen LogP contribution < -0.4 is 10.6 Å². The Morgan fingerprint density at radius 2 is 1.36 bits per heavy atom. The molecule has 4 heteroatoms. The van der Waals surface area contributed by atoms with Crippen LogP contribution in [0.15, 0.2) is 0 Å². The second-order valence-corrected chi connectivity index (χ2v) is 4.97. The van der Waals surface area contributed by atoms with Crippen molar-refractivity contribution < 1.29 is 0 Å². The summed E-state index contributed by atoms with van der Waals surface area (Å²) in [5, 5.41) is 7.29. The molecule has 0 radical (unpaired) electrons. The number of nitrogens with one attached hydrogen (secondary N) is 2. The van der Waals surface area contributed by atoms with Gasteiger partial charge in [-0.1, -0.05) is 0 Å². The Balaban J connectivity index is 2.03.